The molecule has 2 aromatic rings. The van der Waals surface area contributed by atoms with E-state index in [1.165, 1.54) is 18.3 Å². The van der Waals surface area contributed by atoms with Gasteiger partial charge in [0.05, 0.1) is 23.1 Å². The zero-order chi connectivity index (χ0) is 12.4. The average molecular weight is 229 g/mol. The molecule has 0 aliphatic heterocycles. The molecule has 0 atom stereocenters. The van der Waals surface area contributed by atoms with Gasteiger partial charge in [-0.25, -0.2) is 9.07 Å². The highest BCUT2D eigenvalue weighted by Gasteiger charge is 2.15. The van der Waals surface area contributed by atoms with Crippen molar-refractivity contribution in [2.75, 3.05) is 0 Å². The van der Waals surface area contributed by atoms with Gasteiger partial charge < -0.3 is 0 Å². The maximum atomic E-state index is 13.2. The number of hydrogen-bond acceptors (Lipinski definition) is 2. The molecule has 17 heavy (non-hydrogen) atoms. The van der Waals surface area contributed by atoms with E-state index in [1.807, 2.05) is 13.8 Å². The maximum Gasteiger partial charge on any atom is 0.125 e. The first-order chi connectivity index (χ1) is 8.13. The zero-order valence-electron chi connectivity index (χ0n) is 9.68. The van der Waals surface area contributed by atoms with Crippen LogP contribution in [0.3, 0.4) is 0 Å². The van der Waals surface area contributed by atoms with E-state index in [4.69, 9.17) is 5.26 Å². The lowest BCUT2D eigenvalue weighted by molar-refractivity contribution is 0.623. The fourth-order valence-corrected chi connectivity index (χ4v) is 1.81. The molecule has 0 fully saturated rings. The molecule has 1 aromatic carbocycles. The summed E-state index contributed by atoms with van der Waals surface area (Å²) in [6.45, 7) is 3.96. The zero-order valence-corrected chi connectivity index (χ0v) is 9.68. The summed E-state index contributed by atoms with van der Waals surface area (Å²) in [7, 11) is 0. The van der Waals surface area contributed by atoms with Gasteiger partial charge in [0.15, 0.2) is 0 Å². The number of hydrogen-bond donors (Lipinski definition) is 0. The Morgan fingerprint density at radius 3 is 2.76 bits per heavy atom. The quantitative estimate of drug-likeness (QED) is 0.794. The summed E-state index contributed by atoms with van der Waals surface area (Å²) in [4.78, 5) is 0. The van der Waals surface area contributed by atoms with Crippen molar-refractivity contribution in [3.63, 3.8) is 0 Å². The molecular formula is C13H12FN3. The van der Waals surface area contributed by atoms with Gasteiger partial charge in [-0.05, 0) is 24.1 Å². The van der Waals surface area contributed by atoms with Gasteiger partial charge in [-0.1, -0.05) is 19.9 Å². The van der Waals surface area contributed by atoms with Crippen LogP contribution in [-0.2, 0) is 0 Å². The molecular weight excluding hydrogens is 217 g/mol. The molecule has 4 heteroatoms. The molecule has 3 nitrogen and oxygen atoms in total. The Labute approximate surface area is 99.1 Å². The lowest BCUT2D eigenvalue weighted by atomic mass is 10.1. The van der Waals surface area contributed by atoms with Crippen LogP contribution in [0.25, 0.3) is 5.69 Å². The topological polar surface area (TPSA) is 41.6 Å². The first kappa shape index (κ1) is 11.3. The largest absolute Gasteiger partial charge is 0.236 e. The van der Waals surface area contributed by atoms with Crippen LogP contribution in [0, 0.1) is 17.1 Å². The fourth-order valence-electron chi connectivity index (χ4n) is 1.81. The molecule has 0 amide bonds. The second-order valence-corrected chi connectivity index (χ2v) is 4.10. The molecule has 1 heterocycles. The van der Waals surface area contributed by atoms with Gasteiger partial charge in [0, 0.05) is 0 Å². The van der Waals surface area contributed by atoms with Crippen LogP contribution in [0.2, 0.25) is 0 Å². The Hall–Kier alpha value is -2.15. The van der Waals surface area contributed by atoms with Gasteiger partial charge in [0.2, 0.25) is 0 Å². The third-order valence-corrected chi connectivity index (χ3v) is 2.53. The van der Waals surface area contributed by atoms with Gasteiger partial charge in [-0.2, -0.15) is 10.4 Å². The molecule has 0 aliphatic rings. The third-order valence-electron chi connectivity index (χ3n) is 2.53. The van der Waals surface area contributed by atoms with E-state index >= 15 is 0 Å². The van der Waals surface area contributed by atoms with Gasteiger partial charge in [-0.3, -0.25) is 0 Å². The normalized spacial score (nSPS) is 10.5. The maximum absolute atomic E-state index is 13.2. The molecule has 0 bridgehead atoms. The summed E-state index contributed by atoms with van der Waals surface area (Å²) in [6.07, 6.45) is 1.51. The van der Waals surface area contributed by atoms with E-state index in [0.717, 1.165) is 5.69 Å². The molecule has 0 saturated carbocycles. The van der Waals surface area contributed by atoms with Crippen LogP contribution in [0.1, 0.15) is 31.0 Å². The van der Waals surface area contributed by atoms with Gasteiger partial charge in [-0.15, -0.1) is 0 Å². The Morgan fingerprint density at radius 2 is 2.18 bits per heavy atom. The molecule has 0 unspecified atom stereocenters. The predicted octanol–water partition coefficient (Wildman–Crippen LogP) is 3.01. The highest BCUT2D eigenvalue weighted by atomic mass is 19.1. The van der Waals surface area contributed by atoms with Crippen LogP contribution in [0.5, 0.6) is 0 Å². The summed E-state index contributed by atoms with van der Waals surface area (Å²) in [5.41, 5.74) is 1.97. The highest BCUT2D eigenvalue weighted by Crippen LogP contribution is 2.22. The smallest absolute Gasteiger partial charge is 0.125 e. The summed E-state index contributed by atoms with van der Waals surface area (Å²) in [5.74, 6) is -0.165. The number of nitriles is 1. The lowest BCUT2D eigenvalue weighted by Crippen LogP contribution is -2.05. The first-order valence-electron chi connectivity index (χ1n) is 5.37. The fraction of sp³-hybridized carbons (Fsp3) is 0.231. The lowest BCUT2D eigenvalue weighted by Gasteiger charge is -2.10. The van der Waals surface area contributed by atoms with Crippen LogP contribution in [-0.4, -0.2) is 9.78 Å². The van der Waals surface area contributed by atoms with E-state index in [1.54, 1.807) is 16.8 Å². The van der Waals surface area contributed by atoms with Crippen molar-refractivity contribution in [2.24, 2.45) is 0 Å². The Morgan fingerprint density at radius 1 is 1.41 bits per heavy atom. The van der Waals surface area contributed by atoms with E-state index in [-0.39, 0.29) is 11.7 Å². The molecule has 2 rings (SSSR count). The Kier molecular flexibility index (Phi) is 2.92. The van der Waals surface area contributed by atoms with Gasteiger partial charge in [0.1, 0.15) is 11.9 Å². The van der Waals surface area contributed by atoms with E-state index < -0.39 is 0 Å². The molecule has 86 valence electrons. The van der Waals surface area contributed by atoms with Crippen molar-refractivity contribution in [1.82, 2.24) is 9.78 Å². The summed E-state index contributed by atoms with van der Waals surface area (Å²) >= 11 is 0. The van der Waals surface area contributed by atoms with Crippen molar-refractivity contribution in [2.45, 2.75) is 19.8 Å². The standard InChI is InChI=1S/C13H12FN3/c1-9(2)13-10(7-15)8-16-17(13)12-5-3-4-11(14)6-12/h3-6,8-9H,1-2H3. The SMILES string of the molecule is CC(C)c1c(C#N)cnn1-c1cccc(F)c1. The summed E-state index contributed by atoms with van der Waals surface area (Å²) < 4.78 is 14.8. The average Bonchev–Trinajstić information content (AvgIpc) is 2.72. The van der Waals surface area contributed by atoms with Crippen molar-refractivity contribution in [1.29, 1.82) is 5.26 Å². The monoisotopic (exact) mass is 229 g/mol. The predicted molar refractivity (Wildman–Crippen MR) is 62.3 cm³/mol. The van der Waals surface area contributed by atoms with E-state index in [0.29, 0.717) is 11.3 Å². The van der Waals surface area contributed by atoms with Crippen LogP contribution in [0.15, 0.2) is 30.5 Å². The second kappa shape index (κ2) is 4.38. The number of rotatable bonds is 2. The van der Waals surface area contributed by atoms with Crippen LogP contribution < -0.4 is 0 Å². The highest BCUT2D eigenvalue weighted by molar-refractivity contribution is 5.41. The Balaban J connectivity index is 2.61. The first-order valence-corrected chi connectivity index (χ1v) is 5.37. The van der Waals surface area contributed by atoms with Crippen molar-refractivity contribution < 1.29 is 4.39 Å². The van der Waals surface area contributed by atoms with Gasteiger partial charge in [0.25, 0.3) is 0 Å². The minimum Gasteiger partial charge on any atom is -0.236 e. The molecule has 0 N–H and O–H groups in total. The summed E-state index contributed by atoms with van der Waals surface area (Å²) in [6, 6.07) is 8.28. The molecule has 0 aliphatic carbocycles. The Bertz CT molecular complexity index is 579. The van der Waals surface area contributed by atoms with Crippen molar-refractivity contribution >= 4 is 0 Å². The molecule has 0 saturated heterocycles. The number of benzene rings is 1. The number of aromatic nitrogens is 2. The molecule has 0 spiro atoms. The van der Waals surface area contributed by atoms with E-state index in [9.17, 15) is 4.39 Å². The number of halogens is 1. The molecule has 1 aromatic heterocycles. The van der Waals surface area contributed by atoms with Crippen LogP contribution >= 0.6 is 0 Å². The van der Waals surface area contributed by atoms with Gasteiger partial charge >= 0.3 is 0 Å². The van der Waals surface area contributed by atoms with Crippen molar-refractivity contribution in [3.8, 4) is 11.8 Å². The van der Waals surface area contributed by atoms with Crippen molar-refractivity contribution in [3.05, 3.63) is 47.5 Å². The summed E-state index contributed by atoms with van der Waals surface area (Å²) in [5, 5.41) is 13.2. The number of nitrogens with zero attached hydrogens (tertiary/aromatic N) is 3. The minimum atomic E-state index is -0.314. The van der Waals surface area contributed by atoms with Crippen LogP contribution in [0.4, 0.5) is 4.39 Å². The van der Waals surface area contributed by atoms with E-state index in [2.05, 4.69) is 11.2 Å². The minimum absolute atomic E-state index is 0.149. The second-order valence-electron chi connectivity index (χ2n) is 4.10. The third kappa shape index (κ3) is 2.04. The molecule has 0 radical (unpaired) electrons.